The summed E-state index contributed by atoms with van der Waals surface area (Å²) in [6.45, 7) is 1.78. The largest absolute Gasteiger partial charge is 0.493 e. The standard InChI is InChI=1S/C13H13N3O3/c1-7-3-2-6-16-10(7)15-12(18)9(13(16)19)11(17)14-8-4-5-8/h2-3,6,8,18H,4-5H2,1H3,(H,14,17). The molecule has 0 bridgehead atoms. The Labute approximate surface area is 108 Å². The van der Waals surface area contributed by atoms with Crippen LogP contribution in [-0.2, 0) is 0 Å². The Morgan fingerprint density at radius 3 is 2.95 bits per heavy atom. The van der Waals surface area contributed by atoms with Gasteiger partial charge in [-0.1, -0.05) is 6.07 Å². The van der Waals surface area contributed by atoms with Crippen molar-refractivity contribution in [3.05, 3.63) is 39.8 Å². The Hall–Kier alpha value is -2.37. The number of pyridine rings is 1. The van der Waals surface area contributed by atoms with Gasteiger partial charge in [0.05, 0.1) is 0 Å². The number of amides is 1. The van der Waals surface area contributed by atoms with Crippen molar-refractivity contribution in [1.29, 1.82) is 0 Å². The fourth-order valence-corrected chi connectivity index (χ4v) is 1.97. The lowest BCUT2D eigenvalue weighted by molar-refractivity contribution is 0.0946. The van der Waals surface area contributed by atoms with Crippen molar-refractivity contribution in [2.75, 3.05) is 0 Å². The smallest absolute Gasteiger partial charge is 0.274 e. The van der Waals surface area contributed by atoms with Crippen LogP contribution in [0.15, 0.2) is 23.1 Å². The first kappa shape index (κ1) is 11.7. The first-order chi connectivity index (χ1) is 9.08. The summed E-state index contributed by atoms with van der Waals surface area (Å²) in [5.74, 6) is -1.08. The summed E-state index contributed by atoms with van der Waals surface area (Å²) in [4.78, 5) is 28.1. The van der Waals surface area contributed by atoms with Crippen molar-refractivity contribution >= 4 is 11.6 Å². The molecule has 6 heteroatoms. The second kappa shape index (κ2) is 4.08. The van der Waals surface area contributed by atoms with Crippen molar-refractivity contribution in [3.8, 4) is 5.88 Å². The van der Waals surface area contributed by atoms with E-state index < -0.39 is 17.3 Å². The quantitative estimate of drug-likeness (QED) is 0.827. The Bertz CT molecular complexity index is 732. The molecular weight excluding hydrogens is 246 g/mol. The molecule has 6 nitrogen and oxygen atoms in total. The zero-order valence-corrected chi connectivity index (χ0v) is 10.4. The van der Waals surface area contributed by atoms with E-state index in [2.05, 4.69) is 10.3 Å². The van der Waals surface area contributed by atoms with E-state index in [-0.39, 0.29) is 11.6 Å². The molecule has 0 unspecified atom stereocenters. The molecule has 2 aromatic heterocycles. The maximum absolute atomic E-state index is 12.2. The number of nitrogens with one attached hydrogen (secondary N) is 1. The van der Waals surface area contributed by atoms with Crippen molar-refractivity contribution < 1.29 is 9.90 Å². The molecule has 1 amide bonds. The van der Waals surface area contributed by atoms with Crippen LogP contribution in [0.2, 0.25) is 0 Å². The topological polar surface area (TPSA) is 83.7 Å². The third kappa shape index (κ3) is 1.95. The van der Waals surface area contributed by atoms with E-state index in [0.717, 1.165) is 18.4 Å². The lowest BCUT2D eigenvalue weighted by atomic mass is 10.2. The molecule has 0 saturated heterocycles. The average molecular weight is 259 g/mol. The fraction of sp³-hybridized carbons (Fsp3) is 0.308. The van der Waals surface area contributed by atoms with E-state index in [1.54, 1.807) is 19.1 Å². The molecule has 98 valence electrons. The number of fused-ring (bicyclic) bond motifs is 1. The number of hydrogen-bond acceptors (Lipinski definition) is 4. The van der Waals surface area contributed by atoms with Crippen LogP contribution >= 0.6 is 0 Å². The molecule has 1 fully saturated rings. The van der Waals surface area contributed by atoms with Crippen LogP contribution in [0.1, 0.15) is 28.8 Å². The van der Waals surface area contributed by atoms with Crippen LogP contribution in [0.4, 0.5) is 0 Å². The summed E-state index contributed by atoms with van der Waals surface area (Å²) < 4.78 is 1.27. The minimum Gasteiger partial charge on any atom is -0.493 e. The van der Waals surface area contributed by atoms with Gasteiger partial charge in [-0.25, -0.2) is 0 Å². The monoisotopic (exact) mass is 259 g/mol. The number of aryl methyl sites for hydroxylation is 1. The van der Waals surface area contributed by atoms with Gasteiger partial charge in [0, 0.05) is 12.2 Å². The summed E-state index contributed by atoms with van der Waals surface area (Å²) in [6.07, 6.45) is 3.35. The Balaban J connectivity index is 2.19. The Morgan fingerprint density at radius 1 is 1.53 bits per heavy atom. The van der Waals surface area contributed by atoms with E-state index in [0.29, 0.717) is 5.65 Å². The van der Waals surface area contributed by atoms with E-state index in [9.17, 15) is 14.7 Å². The molecule has 3 rings (SSSR count). The average Bonchev–Trinajstić information content (AvgIpc) is 3.14. The number of hydrogen-bond donors (Lipinski definition) is 2. The second-order valence-electron chi connectivity index (χ2n) is 4.75. The summed E-state index contributed by atoms with van der Waals surface area (Å²) in [5, 5.41) is 12.5. The molecule has 0 atom stereocenters. The lowest BCUT2D eigenvalue weighted by Crippen LogP contribution is -2.33. The first-order valence-corrected chi connectivity index (χ1v) is 6.09. The molecular formula is C13H13N3O3. The van der Waals surface area contributed by atoms with E-state index in [4.69, 9.17) is 0 Å². The lowest BCUT2D eigenvalue weighted by Gasteiger charge is -2.08. The van der Waals surface area contributed by atoms with Gasteiger partial charge in [-0.3, -0.25) is 14.0 Å². The summed E-state index contributed by atoms with van der Waals surface area (Å²) in [6, 6.07) is 3.60. The number of aromatic hydroxyl groups is 1. The molecule has 0 radical (unpaired) electrons. The SMILES string of the molecule is Cc1cccn2c(=O)c(C(=O)NC3CC3)c(O)nc12. The van der Waals surface area contributed by atoms with Crippen molar-refractivity contribution in [2.45, 2.75) is 25.8 Å². The number of carbonyl (C=O) groups is 1. The van der Waals surface area contributed by atoms with Crippen molar-refractivity contribution in [2.24, 2.45) is 0 Å². The van der Waals surface area contributed by atoms with Crippen molar-refractivity contribution in [3.63, 3.8) is 0 Å². The van der Waals surface area contributed by atoms with Gasteiger partial charge >= 0.3 is 0 Å². The maximum atomic E-state index is 12.2. The third-order valence-electron chi connectivity index (χ3n) is 3.17. The first-order valence-electron chi connectivity index (χ1n) is 6.09. The third-order valence-corrected chi connectivity index (χ3v) is 3.17. The molecule has 2 N–H and O–H groups in total. The number of nitrogens with zero attached hydrogens (tertiary/aromatic N) is 2. The van der Waals surface area contributed by atoms with Gasteiger partial charge < -0.3 is 10.4 Å². The van der Waals surface area contributed by atoms with E-state index in [1.165, 1.54) is 10.6 Å². The number of carbonyl (C=O) groups excluding carboxylic acids is 1. The molecule has 1 aliphatic carbocycles. The Kier molecular flexibility index (Phi) is 2.51. The highest BCUT2D eigenvalue weighted by Crippen LogP contribution is 2.20. The molecule has 0 aromatic carbocycles. The van der Waals surface area contributed by atoms with Crippen LogP contribution in [0.5, 0.6) is 5.88 Å². The van der Waals surface area contributed by atoms with Crippen LogP contribution in [-0.4, -0.2) is 26.4 Å². The molecule has 1 saturated carbocycles. The van der Waals surface area contributed by atoms with E-state index >= 15 is 0 Å². The summed E-state index contributed by atoms with van der Waals surface area (Å²) in [7, 11) is 0. The molecule has 0 spiro atoms. The minimum absolute atomic E-state index is 0.115. The molecule has 0 aliphatic heterocycles. The van der Waals surface area contributed by atoms with Crippen molar-refractivity contribution in [1.82, 2.24) is 14.7 Å². The minimum atomic E-state index is -0.562. The van der Waals surface area contributed by atoms with Crippen LogP contribution < -0.4 is 10.9 Å². The normalized spacial score (nSPS) is 14.6. The highest BCUT2D eigenvalue weighted by molar-refractivity contribution is 5.96. The molecule has 1 aliphatic rings. The maximum Gasteiger partial charge on any atom is 0.274 e. The molecule has 19 heavy (non-hydrogen) atoms. The highest BCUT2D eigenvalue weighted by atomic mass is 16.3. The van der Waals surface area contributed by atoms with Gasteiger partial charge in [0.2, 0.25) is 5.88 Å². The Morgan fingerprint density at radius 2 is 2.26 bits per heavy atom. The van der Waals surface area contributed by atoms with Gasteiger partial charge in [-0.05, 0) is 31.4 Å². The van der Waals surface area contributed by atoms with E-state index in [1.807, 2.05) is 0 Å². The second-order valence-corrected chi connectivity index (χ2v) is 4.75. The van der Waals surface area contributed by atoms with Gasteiger partial charge in [0.1, 0.15) is 5.65 Å². The van der Waals surface area contributed by atoms with Crippen LogP contribution in [0, 0.1) is 6.92 Å². The summed E-state index contributed by atoms with van der Waals surface area (Å²) in [5.41, 5.74) is 0.261. The zero-order valence-electron chi connectivity index (χ0n) is 10.4. The van der Waals surface area contributed by atoms with Gasteiger partial charge in [-0.15, -0.1) is 0 Å². The van der Waals surface area contributed by atoms with Gasteiger partial charge in [0.15, 0.2) is 5.56 Å². The summed E-state index contributed by atoms with van der Waals surface area (Å²) >= 11 is 0. The molecule has 2 aromatic rings. The zero-order chi connectivity index (χ0) is 13.6. The predicted octanol–water partition coefficient (Wildman–Crippen LogP) is 0.601. The fourth-order valence-electron chi connectivity index (χ4n) is 1.97. The molecule has 2 heterocycles. The number of aromatic nitrogens is 2. The predicted molar refractivity (Wildman–Crippen MR) is 68.4 cm³/mol. The van der Waals surface area contributed by atoms with Crippen LogP contribution in [0.25, 0.3) is 5.65 Å². The van der Waals surface area contributed by atoms with Gasteiger partial charge in [-0.2, -0.15) is 4.98 Å². The van der Waals surface area contributed by atoms with Crippen LogP contribution in [0.3, 0.4) is 0 Å². The van der Waals surface area contributed by atoms with Gasteiger partial charge in [0.25, 0.3) is 11.5 Å². The highest BCUT2D eigenvalue weighted by Gasteiger charge is 2.27. The number of rotatable bonds is 2.